The molecule has 0 atom stereocenters. The van der Waals surface area contributed by atoms with Gasteiger partial charge >= 0.3 is 0 Å². The SMILES string of the molecule is CC(C)Oc1ccccc1-c1cn[nH]c(=O)c1. The van der Waals surface area contributed by atoms with Crippen molar-refractivity contribution >= 4 is 0 Å². The molecular formula is C13H14N2O2. The van der Waals surface area contributed by atoms with Crippen LogP contribution < -0.4 is 10.3 Å². The highest BCUT2D eigenvalue weighted by atomic mass is 16.5. The Labute approximate surface area is 99.3 Å². The fourth-order valence-corrected chi connectivity index (χ4v) is 1.59. The van der Waals surface area contributed by atoms with Gasteiger partial charge in [-0.1, -0.05) is 18.2 Å². The molecule has 1 heterocycles. The largest absolute Gasteiger partial charge is 0.490 e. The quantitative estimate of drug-likeness (QED) is 0.879. The standard InChI is InChI=1S/C13H14N2O2/c1-9(2)17-12-6-4-3-5-11(12)10-7-13(16)15-14-8-10/h3-9H,1-2H3,(H,15,16). The number of hydrogen-bond acceptors (Lipinski definition) is 3. The minimum atomic E-state index is -0.221. The lowest BCUT2D eigenvalue weighted by molar-refractivity contribution is 0.243. The summed E-state index contributed by atoms with van der Waals surface area (Å²) in [6.45, 7) is 3.93. The van der Waals surface area contributed by atoms with Crippen LogP contribution in [-0.4, -0.2) is 16.3 Å². The van der Waals surface area contributed by atoms with Crippen molar-refractivity contribution in [2.75, 3.05) is 0 Å². The third-order valence-corrected chi connectivity index (χ3v) is 2.23. The average Bonchev–Trinajstić information content (AvgIpc) is 2.29. The summed E-state index contributed by atoms with van der Waals surface area (Å²) in [6, 6.07) is 9.12. The molecule has 0 radical (unpaired) electrons. The Balaban J connectivity index is 2.48. The minimum absolute atomic E-state index is 0.0890. The van der Waals surface area contributed by atoms with E-state index in [-0.39, 0.29) is 11.7 Å². The molecule has 1 aromatic heterocycles. The van der Waals surface area contributed by atoms with Gasteiger partial charge in [-0.25, -0.2) is 5.10 Å². The number of ether oxygens (including phenoxy) is 1. The Morgan fingerprint density at radius 1 is 1.29 bits per heavy atom. The van der Waals surface area contributed by atoms with E-state index >= 15 is 0 Å². The molecule has 0 bridgehead atoms. The van der Waals surface area contributed by atoms with Crippen molar-refractivity contribution in [1.29, 1.82) is 0 Å². The first-order chi connectivity index (χ1) is 8.16. The van der Waals surface area contributed by atoms with E-state index in [1.165, 1.54) is 6.07 Å². The summed E-state index contributed by atoms with van der Waals surface area (Å²) in [4.78, 5) is 11.2. The molecule has 2 aromatic rings. The molecule has 0 fully saturated rings. The van der Waals surface area contributed by atoms with Crippen molar-refractivity contribution in [1.82, 2.24) is 10.2 Å². The molecule has 0 saturated carbocycles. The van der Waals surface area contributed by atoms with Crippen molar-refractivity contribution < 1.29 is 4.74 Å². The van der Waals surface area contributed by atoms with E-state index < -0.39 is 0 Å². The predicted octanol–water partition coefficient (Wildman–Crippen LogP) is 2.22. The number of rotatable bonds is 3. The van der Waals surface area contributed by atoms with E-state index in [2.05, 4.69) is 10.2 Å². The number of benzene rings is 1. The molecule has 4 nitrogen and oxygen atoms in total. The van der Waals surface area contributed by atoms with E-state index in [0.717, 1.165) is 16.9 Å². The lowest BCUT2D eigenvalue weighted by Crippen LogP contribution is -2.08. The highest BCUT2D eigenvalue weighted by Gasteiger charge is 2.07. The average molecular weight is 230 g/mol. The summed E-state index contributed by atoms with van der Waals surface area (Å²) in [5, 5.41) is 6.14. The second kappa shape index (κ2) is 4.82. The van der Waals surface area contributed by atoms with Gasteiger partial charge in [-0.2, -0.15) is 5.10 Å². The molecule has 1 N–H and O–H groups in total. The van der Waals surface area contributed by atoms with Crippen molar-refractivity contribution in [3.8, 4) is 16.9 Å². The molecule has 0 aliphatic rings. The Bertz CT molecular complexity index is 561. The van der Waals surface area contributed by atoms with Gasteiger partial charge in [0.1, 0.15) is 5.75 Å². The second-order valence-electron chi connectivity index (χ2n) is 4.00. The molecular weight excluding hydrogens is 216 g/mol. The van der Waals surface area contributed by atoms with Gasteiger partial charge in [0.05, 0.1) is 12.3 Å². The summed E-state index contributed by atoms with van der Waals surface area (Å²) in [5.74, 6) is 0.759. The lowest BCUT2D eigenvalue weighted by Gasteiger charge is -2.13. The summed E-state index contributed by atoms with van der Waals surface area (Å²) in [5.41, 5.74) is 1.41. The maximum absolute atomic E-state index is 11.2. The van der Waals surface area contributed by atoms with Crippen LogP contribution in [0.3, 0.4) is 0 Å². The van der Waals surface area contributed by atoms with E-state index in [9.17, 15) is 4.79 Å². The summed E-state index contributed by atoms with van der Waals surface area (Å²) in [6.07, 6.45) is 1.70. The normalized spacial score (nSPS) is 10.5. The van der Waals surface area contributed by atoms with Gasteiger partial charge < -0.3 is 4.74 Å². The first-order valence-electron chi connectivity index (χ1n) is 5.47. The Kier molecular flexibility index (Phi) is 3.23. The van der Waals surface area contributed by atoms with Crippen LogP contribution in [0.1, 0.15) is 13.8 Å². The number of nitrogens with one attached hydrogen (secondary N) is 1. The molecule has 0 saturated heterocycles. The van der Waals surface area contributed by atoms with Crippen molar-refractivity contribution in [2.45, 2.75) is 20.0 Å². The van der Waals surface area contributed by atoms with Gasteiger partial charge in [-0.3, -0.25) is 4.79 Å². The topological polar surface area (TPSA) is 55.0 Å². The van der Waals surface area contributed by atoms with Gasteiger partial charge in [0.2, 0.25) is 0 Å². The molecule has 1 aromatic carbocycles. The predicted molar refractivity (Wildman–Crippen MR) is 66.1 cm³/mol. The fraction of sp³-hybridized carbons (Fsp3) is 0.231. The van der Waals surface area contributed by atoms with Crippen molar-refractivity contribution in [3.05, 3.63) is 46.9 Å². The second-order valence-corrected chi connectivity index (χ2v) is 4.00. The zero-order valence-corrected chi connectivity index (χ0v) is 9.81. The Hall–Kier alpha value is -2.10. The first kappa shape index (κ1) is 11.4. The third kappa shape index (κ3) is 2.72. The maximum atomic E-state index is 11.2. The summed E-state index contributed by atoms with van der Waals surface area (Å²) in [7, 11) is 0. The van der Waals surface area contributed by atoms with Gasteiger partial charge in [-0.15, -0.1) is 0 Å². The van der Waals surface area contributed by atoms with E-state index in [0.29, 0.717) is 0 Å². The molecule has 2 rings (SSSR count). The van der Waals surface area contributed by atoms with E-state index in [1.54, 1.807) is 6.20 Å². The van der Waals surface area contributed by atoms with Crippen LogP contribution in [0.5, 0.6) is 5.75 Å². The molecule has 0 aliphatic carbocycles. The summed E-state index contributed by atoms with van der Waals surface area (Å²) < 4.78 is 5.70. The van der Waals surface area contributed by atoms with Crippen LogP contribution in [0.15, 0.2) is 41.3 Å². The Morgan fingerprint density at radius 3 is 2.76 bits per heavy atom. The number of nitrogens with zero attached hydrogens (tertiary/aromatic N) is 1. The molecule has 88 valence electrons. The van der Waals surface area contributed by atoms with Gasteiger partial charge in [0.15, 0.2) is 0 Å². The number of H-pyrrole nitrogens is 1. The molecule has 0 unspecified atom stereocenters. The van der Waals surface area contributed by atoms with Crippen LogP contribution in [-0.2, 0) is 0 Å². The van der Waals surface area contributed by atoms with Crippen molar-refractivity contribution in [3.63, 3.8) is 0 Å². The molecule has 0 spiro atoms. The number of hydrogen-bond donors (Lipinski definition) is 1. The van der Waals surface area contributed by atoms with Crippen LogP contribution in [0.2, 0.25) is 0 Å². The monoisotopic (exact) mass is 230 g/mol. The number of aromatic amines is 1. The minimum Gasteiger partial charge on any atom is -0.490 e. The fourth-order valence-electron chi connectivity index (χ4n) is 1.59. The third-order valence-electron chi connectivity index (χ3n) is 2.23. The number of para-hydroxylation sites is 1. The van der Waals surface area contributed by atoms with Crippen LogP contribution in [0.4, 0.5) is 0 Å². The zero-order chi connectivity index (χ0) is 12.3. The highest BCUT2D eigenvalue weighted by Crippen LogP contribution is 2.28. The molecule has 0 amide bonds. The molecule has 0 aliphatic heterocycles. The smallest absolute Gasteiger partial charge is 0.264 e. The van der Waals surface area contributed by atoms with Crippen LogP contribution in [0, 0.1) is 0 Å². The van der Waals surface area contributed by atoms with E-state index in [1.807, 2.05) is 38.1 Å². The highest BCUT2D eigenvalue weighted by molar-refractivity contribution is 5.69. The lowest BCUT2D eigenvalue weighted by atomic mass is 10.1. The zero-order valence-electron chi connectivity index (χ0n) is 9.81. The van der Waals surface area contributed by atoms with Gasteiger partial charge in [0.25, 0.3) is 5.56 Å². The molecule has 4 heteroatoms. The number of aromatic nitrogens is 2. The van der Waals surface area contributed by atoms with Crippen LogP contribution >= 0.6 is 0 Å². The summed E-state index contributed by atoms with van der Waals surface area (Å²) >= 11 is 0. The van der Waals surface area contributed by atoms with Crippen LogP contribution in [0.25, 0.3) is 11.1 Å². The van der Waals surface area contributed by atoms with Gasteiger partial charge in [0, 0.05) is 17.2 Å². The Morgan fingerprint density at radius 2 is 2.06 bits per heavy atom. The van der Waals surface area contributed by atoms with Gasteiger partial charge in [-0.05, 0) is 19.9 Å². The van der Waals surface area contributed by atoms with Crippen molar-refractivity contribution in [2.24, 2.45) is 0 Å². The molecule has 17 heavy (non-hydrogen) atoms. The van der Waals surface area contributed by atoms with E-state index in [4.69, 9.17) is 4.74 Å². The first-order valence-corrected chi connectivity index (χ1v) is 5.47. The maximum Gasteiger partial charge on any atom is 0.264 e.